The maximum atomic E-state index is 12.9. The van der Waals surface area contributed by atoms with Gasteiger partial charge in [-0.2, -0.15) is 0 Å². The van der Waals surface area contributed by atoms with Crippen molar-refractivity contribution in [2.45, 2.75) is 59.0 Å². The van der Waals surface area contributed by atoms with E-state index in [4.69, 9.17) is 0 Å². The number of carbonyl (C=O) groups excluding carboxylic acids is 2. The number of pyridine rings is 1. The summed E-state index contributed by atoms with van der Waals surface area (Å²) >= 11 is 3.53. The number of aromatic nitrogens is 1. The lowest BCUT2D eigenvalue weighted by atomic mass is 9.91. The zero-order chi connectivity index (χ0) is 21.9. The molecule has 1 saturated heterocycles. The summed E-state index contributed by atoms with van der Waals surface area (Å²) in [5.74, 6) is 0.00305. The quantitative estimate of drug-likeness (QED) is 0.658. The Morgan fingerprint density at radius 1 is 1.23 bits per heavy atom. The molecule has 1 N–H and O–H groups in total. The van der Waals surface area contributed by atoms with E-state index in [1.807, 2.05) is 58.0 Å². The van der Waals surface area contributed by atoms with Crippen LogP contribution in [0.3, 0.4) is 0 Å². The second-order valence-corrected chi connectivity index (χ2v) is 10.0. The zero-order valence-corrected chi connectivity index (χ0v) is 19.7. The molecule has 6 heteroatoms. The van der Waals surface area contributed by atoms with E-state index in [-0.39, 0.29) is 29.3 Å². The summed E-state index contributed by atoms with van der Waals surface area (Å²) in [5, 5.41) is 3.10. The summed E-state index contributed by atoms with van der Waals surface area (Å²) in [4.78, 5) is 31.5. The van der Waals surface area contributed by atoms with Crippen LogP contribution in [0.15, 0.2) is 47.2 Å². The number of nitrogens with zero attached hydrogens (tertiary/aromatic N) is 2. The molecule has 1 aliphatic heterocycles. The highest BCUT2D eigenvalue weighted by molar-refractivity contribution is 9.10. The van der Waals surface area contributed by atoms with Crippen molar-refractivity contribution in [3.63, 3.8) is 0 Å². The van der Waals surface area contributed by atoms with Gasteiger partial charge in [-0.1, -0.05) is 45.0 Å². The normalized spacial score (nSPS) is 17.6. The topological polar surface area (TPSA) is 62.3 Å². The third kappa shape index (κ3) is 5.48. The Morgan fingerprint density at radius 3 is 2.57 bits per heavy atom. The maximum Gasteiger partial charge on any atom is 0.243 e. The molecule has 1 aromatic carbocycles. The molecule has 30 heavy (non-hydrogen) atoms. The molecular weight excluding hydrogens is 442 g/mol. The van der Waals surface area contributed by atoms with Gasteiger partial charge in [-0.25, -0.2) is 0 Å². The lowest BCUT2D eigenvalue weighted by Crippen LogP contribution is -2.47. The van der Waals surface area contributed by atoms with E-state index in [0.717, 1.165) is 34.0 Å². The maximum absolute atomic E-state index is 12.9. The van der Waals surface area contributed by atoms with Gasteiger partial charge in [0.2, 0.25) is 11.8 Å². The SMILES string of the molecule is CC(NC(=O)C1CCCN1C(=O)CC(C)(C)C)c1ccc(-c2ccncc2Br)cc1. The molecule has 0 spiro atoms. The van der Waals surface area contributed by atoms with Crippen LogP contribution in [0.2, 0.25) is 0 Å². The Kier molecular flexibility index (Phi) is 6.96. The fourth-order valence-electron chi connectivity index (χ4n) is 3.85. The van der Waals surface area contributed by atoms with Gasteiger partial charge in [-0.05, 0) is 63.9 Å². The molecular formula is C24H30BrN3O2. The third-order valence-corrected chi connectivity index (χ3v) is 6.04. The Morgan fingerprint density at radius 2 is 1.93 bits per heavy atom. The van der Waals surface area contributed by atoms with Crippen LogP contribution in [0, 0.1) is 5.41 Å². The molecule has 2 aromatic rings. The van der Waals surface area contributed by atoms with Gasteiger partial charge in [0, 0.05) is 29.8 Å². The third-order valence-electron chi connectivity index (χ3n) is 5.41. The van der Waals surface area contributed by atoms with E-state index in [1.54, 1.807) is 17.3 Å². The number of rotatable bonds is 5. The van der Waals surface area contributed by atoms with E-state index < -0.39 is 0 Å². The van der Waals surface area contributed by atoms with Crippen molar-refractivity contribution < 1.29 is 9.59 Å². The Labute approximate surface area is 187 Å². The van der Waals surface area contributed by atoms with Crippen molar-refractivity contribution in [1.29, 1.82) is 0 Å². The number of halogens is 1. The smallest absolute Gasteiger partial charge is 0.243 e. The number of likely N-dealkylation sites (tertiary alicyclic amines) is 1. The van der Waals surface area contributed by atoms with Crippen molar-refractivity contribution in [3.8, 4) is 11.1 Å². The standard InChI is InChI=1S/C24H30BrN3O2/c1-16(17-7-9-18(10-8-17)19-11-12-26-15-20(19)25)27-23(30)21-6-5-13-28(21)22(29)14-24(2,3)4/h7-12,15-16,21H,5-6,13-14H2,1-4H3,(H,27,30). The molecule has 0 radical (unpaired) electrons. The molecule has 1 aromatic heterocycles. The van der Waals surface area contributed by atoms with Gasteiger partial charge in [0.05, 0.1) is 6.04 Å². The van der Waals surface area contributed by atoms with E-state index in [2.05, 4.69) is 26.2 Å². The average molecular weight is 472 g/mol. The first-order valence-electron chi connectivity index (χ1n) is 10.5. The lowest BCUT2D eigenvalue weighted by molar-refractivity contribution is -0.140. The summed E-state index contributed by atoms with van der Waals surface area (Å²) in [5.41, 5.74) is 3.11. The predicted molar refractivity (Wildman–Crippen MR) is 123 cm³/mol. The highest BCUT2D eigenvalue weighted by atomic mass is 79.9. The number of carbonyl (C=O) groups is 2. The van der Waals surface area contributed by atoms with Gasteiger partial charge in [0.25, 0.3) is 0 Å². The highest BCUT2D eigenvalue weighted by Crippen LogP contribution is 2.29. The van der Waals surface area contributed by atoms with Crippen molar-refractivity contribution in [2.75, 3.05) is 6.54 Å². The lowest BCUT2D eigenvalue weighted by Gasteiger charge is -2.28. The summed E-state index contributed by atoms with van der Waals surface area (Å²) in [7, 11) is 0. The van der Waals surface area contributed by atoms with Crippen LogP contribution in [-0.4, -0.2) is 34.3 Å². The number of hydrogen-bond acceptors (Lipinski definition) is 3. The molecule has 0 aliphatic carbocycles. The van der Waals surface area contributed by atoms with E-state index >= 15 is 0 Å². The van der Waals surface area contributed by atoms with Gasteiger partial charge >= 0.3 is 0 Å². The zero-order valence-electron chi connectivity index (χ0n) is 18.1. The van der Waals surface area contributed by atoms with Crippen molar-refractivity contribution in [1.82, 2.24) is 15.2 Å². The van der Waals surface area contributed by atoms with Crippen molar-refractivity contribution in [2.24, 2.45) is 5.41 Å². The monoisotopic (exact) mass is 471 g/mol. The molecule has 0 bridgehead atoms. The summed E-state index contributed by atoms with van der Waals surface area (Å²) in [6, 6.07) is 9.63. The van der Waals surface area contributed by atoms with Gasteiger partial charge < -0.3 is 10.2 Å². The molecule has 3 rings (SSSR count). The first-order chi connectivity index (χ1) is 14.2. The minimum atomic E-state index is -0.366. The number of hydrogen-bond donors (Lipinski definition) is 1. The van der Waals surface area contributed by atoms with Crippen LogP contribution in [0.5, 0.6) is 0 Å². The molecule has 160 valence electrons. The van der Waals surface area contributed by atoms with Crippen LogP contribution in [0.1, 0.15) is 58.6 Å². The minimum Gasteiger partial charge on any atom is -0.348 e. The fraction of sp³-hybridized carbons (Fsp3) is 0.458. The second-order valence-electron chi connectivity index (χ2n) is 9.19. The molecule has 2 amide bonds. The minimum absolute atomic E-state index is 0.0665. The second kappa shape index (κ2) is 9.29. The van der Waals surface area contributed by atoms with E-state index in [0.29, 0.717) is 13.0 Å². The molecule has 2 atom stereocenters. The first kappa shape index (κ1) is 22.5. The first-order valence-corrected chi connectivity index (χ1v) is 11.2. The van der Waals surface area contributed by atoms with Crippen LogP contribution in [0.25, 0.3) is 11.1 Å². The molecule has 5 nitrogen and oxygen atoms in total. The van der Waals surface area contributed by atoms with Gasteiger partial charge in [-0.3, -0.25) is 14.6 Å². The van der Waals surface area contributed by atoms with Crippen LogP contribution in [-0.2, 0) is 9.59 Å². The van der Waals surface area contributed by atoms with Gasteiger partial charge in [-0.15, -0.1) is 0 Å². The number of amides is 2. The molecule has 1 fully saturated rings. The summed E-state index contributed by atoms with van der Waals surface area (Å²) < 4.78 is 0.945. The highest BCUT2D eigenvalue weighted by Gasteiger charge is 2.35. The predicted octanol–water partition coefficient (Wildman–Crippen LogP) is 5.12. The van der Waals surface area contributed by atoms with Crippen molar-refractivity contribution >= 4 is 27.7 Å². The molecule has 2 unspecified atom stereocenters. The van der Waals surface area contributed by atoms with Crippen LogP contribution in [0.4, 0.5) is 0 Å². The largest absolute Gasteiger partial charge is 0.348 e. The average Bonchev–Trinajstić information content (AvgIpc) is 3.17. The van der Waals surface area contributed by atoms with Crippen LogP contribution >= 0.6 is 15.9 Å². The Bertz CT molecular complexity index is 905. The Balaban J connectivity index is 1.65. The van der Waals surface area contributed by atoms with Crippen LogP contribution < -0.4 is 5.32 Å². The van der Waals surface area contributed by atoms with Gasteiger partial charge in [0.15, 0.2) is 0 Å². The molecule has 2 heterocycles. The number of benzene rings is 1. The molecule has 0 saturated carbocycles. The molecule has 1 aliphatic rings. The van der Waals surface area contributed by atoms with Gasteiger partial charge in [0.1, 0.15) is 6.04 Å². The van der Waals surface area contributed by atoms with E-state index in [1.165, 1.54) is 0 Å². The summed E-state index contributed by atoms with van der Waals surface area (Å²) in [6.45, 7) is 8.78. The van der Waals surface area contributed by atoms with Crippen molar-refractivity contribution in [3.05, 3.63) is 52.8 Å². The fourth-order valence-corrected chi connectivity index (χ4v) is 4.33. The summed E-state index contributed by atoms with van der Waals surface area (Å²) in [6.07, 6.45) is 5.60. The Hall–Kier alpha value is -2.21. The number of nitrogens with one attached hydrogen (secondary N) is 1. The van der Waals surface area contributed by atoms with E-state index in [9.17, 15) is 9.59 Å².